The van der Waals surface area contributed by atoms with Gasteiger partial charge in [-0.15, -0.1) is 0 Å². The van der Waals surface area contributed by atoms with Crippen molar-refractivity contribution >= 4 is 22.8 Å². The van der Waals surface area contributed by atoms with Gasteiger partial charge in [-0.2, -0.15) is 0 Å². The van der Waals surface area contributed by atoms with Gasteiger partial charge in [-0.25, -0.2) is 4.79 Å². The van der Waals surface area contributed by atoms with Crippen LogP contribution >= 0.6 is 0 Å². The van der Waals surface area contributed by atoms with Crippen LogP contribution in [0.15, 0.2) is 28.7 Å². The Morgan fingerprint density at radius 1 is 1.39 bits per heavy atom. The Balaban J connectivity index is 1.80. The van der Waals surface area contributed by atoms with Gasteiger partial charge in [0.1, 0.15) is 11.6 Å². The minimum absolute atomic E-state index is 0.122. The quantitative estimate of drug-likeness (QED) is 0.903. The zero-order valence-corrected chi connectivity index (χ0v) is 12.9. The van der Waals surface area contributed by atoms with Gasteiger partial charge < -0.3 is 19.6 Å². The predicted molar refractivity (Wildman–Crippen MR) is 83.4 cm³/mol. The second-order valence-electron chi connectivity index (χ2n) is 5.87. The van der Waals surface area contributed by atoms with E-state index in [9.17, 15) is 14.7 Å². The maximum Gasteiger partial charge on any atom is 0.326 e. The zero-order valence-electron chi connectivity index (χ0n) is 12.9. The number of carbonyl (C=O) groups is 2. The third-order valence-electron chi connectivity index (χ3n) is 4.18. The predicted octanol–water partition coefficient (Wildman–Crippen LogP) is 2.35. The van der Waals surface area contributed by atoms with Crippen LogP contribution in [0.3, 0.4) is 0 Å². The number of carboxylic acids is 1. The van der Waals surface area contributed by atoms with Crippen LogP contribution in [-0.4, -0.2) is 36.2 Å². The number of aryl methyl sites for hydroxylation is 1. The first-order chi connectivity index (χ1) is 11.1. The van der Waals surface area contributed by atoms with Crippen LogP contribution in [0.1, 0.15) is 29.0 Å². The lowest BCUT2D eigenvalue weighted by atomic mass is 9.93. The number of aliphatic carboxylic acids is 1. The van der Waals surface area contributed by atoms with E-state index in [0.29, 0.717) is 18.8 Å². The molecule has 0 aliphatic carbocycles. The molecule has 0 radical (unpaired) electrons. The van der Waals surface area contributed by atoms with E-state index in [-0.39, 0.29) is 11.7 Å². The van der Waals surface area contributed by atoms with E-state index in [1.54, 1.807) is 6.07 Å². The van der Waals surface area contributed by atoms with Gasteiger partial charge in [-0.3, -0.25) is 4.79 Å². The summed E-state index contributed by atoms with van der Waals surface area (Å²) in [5.41, 5.74) is 1.57. The van der Waals surface area contributed by atoms with E-state index in [4.69, 9.17) is 9.15 Å². The lowest BCUT2D eigenvalue weighted by Crippen LogP contribution is -2.48. The highest BCUT2D eigenvalue weighted by molar-refractivity contribution is 5.98. The number of hydrogen-bond donors (Lipinski definition) is 2. The average molecular weight is 317 g/mol. The molecule has 0 spiro atoms. The molecule has 1 fully saturated rings. The van der Waals surface area contributed by atoms with Gasteiger partial charge in [0, 0.05) is 17.9 Å². The van der Waals surface area contributed by atoms with Crippen LogP contribution in [0.4, 0.5) is 0 Å². The third kappa shape index (κ3) is 3.22. The monoisotopic (exact) mass is 317 g/mol. The van der Waals surface area contributed by atoms with Crippen molar-refractivity contribution in [3.63, 3.8) is 0 Å². The summed E-state index contributed by atoms with van der Waals surface area (Å²) in [6, 6.07) is 6.29. The Morgan fingerprint density at radius 2 is 2.22 bits per heavy atom. The molecule has 0 bridgehead atoms. The Labute approximate surface area is 133 Å². The standard InChI is InChI=1S/C17H19NO5/c1-10-4-2-5-11-8-13(23-15(10)11)16(19)18-14(17(20)21)12-6-3-7-22-9-12/h2,4-5,8,12,14H,3,6-7,9H2,1H3,(H,18,19)(H,20,21). The second-order valence-corrected chi connectivity index (χ2v) is 5.87. The summed E-state index contributed by atoms with van der Waals surface area (Å²) in [6.07, 6.45) is 1.52. The highest BCUT2D eigenvalue weighted by atomic mass is 16.5. The lowest BCUT2D eigenvalue weighted by Gasteiger charge is -2.27. The average Bonchev–Trinajstić information content (AvgIpc) is 2.99. The van der Waals surface area contributed by atoms with Gasteiger partial charge in [0.15, 0.2) is 5.76 Å². The van der Waals surface area contributed by atoms with Crippen molar-refractivity contribution in [1.29, 1.82) is 0 Å². The molecular weight excluding hydrogens is 298 g/mol. The first-order valence-corrected chi connectivity index (χ1v) is 7.67. The minimum Gasteiger partial charge on any atom is -0.480 e. The van der Waals surface area contributed by atoms with Crippen LogP contribution < -0.4 is 5.32 Å². The number of hydrogen-bond acceptors (Lipinski definition) is 4. The molecule has 3 rings (SSSR count). The first-order valence-electron chi connectivity index (χ1n) is 7.67. The van der Waals surface area contributed by atoms with Gasteiger partial charge in [-0.1, -0.05) is 18.2 Å². The molecule has 2 unspecified atom stereocenters. The number of amides is 1. The van der Waals surface area contributed by atoms with Crippen LogP contribution in [0.2, 0.25) is 0 Å². The SMILES string of the molecule is Cc1cccc2cc(C(=O)NC(C(=O)O)C3CCCOC3)oc12. The molecule has 1 amide bonds. The fraction of sp³-hybridized carbons (Fsp3) is 0.412. The topological polar surface area (TPSA) is 88.8 Å². The third-order valence-corrected chi connectivity index (χ3v) is 4.18. The number of furan rings is 1. The number of ether oxygens (including phenoxy) is 1. The fourth-order valence-corrected chi connectivity index (χ4v) is 2.94. The molecule has 1 aromatic carbocycles. The van der Waals surface area contributed by atoms with Crippen LogP contribution in [0.5, 0.6) is 0 Å². The van der Waals surface area contributed by atoms with Crippen molar-refractivity contribution in [2.45, 2.75) is 25.8 Å². The molecular formula is C17H19NO5. The van der Waals surface area contributed by atoms with E-state index in [2.05, 4.69) is 5.32 Å². The number of benzene rings is 1. The van der Waals surface area contributed by atoms with E-state index in [0.717, 1.165) is 23.8 Å². The normalized spacial score (nSPS) is 19.4. The largest absolute Gasteiger partial charge is 0.480 e. The van der Waals surface area contributed by atoms with Crippen molar-refractivity contribution in [2.75, 3.05) is 13.2 Å². The maximum absolute atomic E-state index is 12.4. The smallest absolute Gasteiger partial charge is 0.326 e. The summed E-state index contributed by atoms with van der Waals surface area (Å²) in [6.45, 7) is 2.88. The first kappa shape index (κ1) is 15.6. The molecule has 23 heavy (non-hydrogen) atoms. The number of fused-ring (bicyclic) bond motifs is 1. The summed E-state index contributed by atoms with van der Waals surface area (Å²) in [7, 11) is 0. The number of nitrogens with one attached hydrogen (secondary N) is 1. The molecule has 1 aromatic heterocycles. The summed E-state index contributed by atoms with van der Waals surface area (Å²) in [5, 5.41) is 12.8. The van der Waals surface area contributed by atoms with Crippen LogP contribution in [-0.2, 0) is 9.53 Å². The van der Waals surface area contributed by atoms with Gasteiger partial charge in [0.2, 0.25) is 0 Å². The van der Waals surface area contributed by atoms with Crippen molar-refractivity contribution in [3.8, 4) is 0 Å². The zero-order chi connectivity index (χ0) is 16.4. The van der Waals surface area contributed by atoms with Crippen molar-refractivity contribution < 1.29 is 23.8 Å². The van der Waals surface area contributed by atoms with E-state index < -0.39 is 17.9 Å². The molecule has 1 aliphatic rings. The summed E-state index contributed by atoms with van der Waals surface area (Å²) in [5.74, 6) is -1.67. The molecule has 1 aliphatic heterocycles. The molecule has 2 aromatic rings. The summed E-state index contributed by atoms with van der Waals surface area (Å²) in [4.78, 5) is 23.9. The van der Waals surface area contributed by atoms with Crippen molar-refractivity contribution in [2.24, 2.45) is 5.92 Å². The number of carbonyl (C=O) groups excluding carboxylic acids is 1. The highest BCUT2D eigenvalue weighted by Crippen LogP contribution is 2.23. The fourth-order valence-electron chi connectivity index (χ4n) is 2.94. The Hall–Kier alpha value is -2.34. The maximum atomic E-state index is 12.4. The Morgan fingerprint density at radius 3 is 2.87 bits per heavy atom. The molecule has 2 heterocycles. The molecule has 2 atom stereocenters. The van der Waals surface area contributed by atoms with E-state index in [1.807, 2.05) is 25.1 Å². The highest BCUT2D eigenvalue weighted by Gasteiger charge is 2.32. The second kappa shape index (κ2) is 6.42. The van der Waals surface area contributed by atoms with Crippen molar-refractivity contribution in [3.05, 3.63) is 35.6 Å². The van der Waals surface area contributed by atoms with Crippen LogP contribution in [0.25, 0.3) is 11.0 Å². The Bertz CT molecular complexity index is 730. The number of carboxylic acid groups (broad SMARTS) is 1. The van der Waals surface area contributed by atoms with Crippen molar-refractivity contribution in [1.82, 2.24) is 5.32 Å². The minimum atomic E-state index is -1.05. The summed E-state index contributed by atoms with van der Waals surface area (Å²) < 4.78 is 10.9. The molecule has 122 valence electrons. The molecule has 6 nitrogen and oxygen atoms in total. The molecule has 6 heteroatoms. The van der Waals surface area contributed by atoms with Gasteiger partial charge in [0.25, 0.3) is 5.91 Å². The molecule has 0 saturated carbocycles. The van der Waals surface area contributed by atoms with E-state index in [1.165, 1.54) is 0 Å². The number of rotatable bonds is 4. The number of para-hydroxylation sites is 1. The molecule has 1 saturated heterocycles. The molecule has 2 N–H and O–H groups in total. The van der Waals surface area contributed by atoms with E-state index >= 15 is 0 Å². The summed E-state index contributed by atoms with van der Waals surface area (Å²) >= 11 is 0. The Kier molecular flexibility index (Phi) is 4.34. The van der Waals surface area contributed by atoms with Gasteiger partial charge in [-0.05, 0) is 31.4 Å². The van der Waals surface area contributed by atoms with Crippen LogP contribution in [0, 0.1) is 12.8 Å². The lowest BCUT2D eigenvalue weighted by molar-refractivity contribution is -0.142. The van der Waals surface area contributed by atoms with Gasteiger partial charge in [0.05, 0.1) is 6.61 Å². The van der Waals surface area contributed by atoms with Gasteiger partial charge >= 0.3 is 5.97 Å².